The fourth-order valence-corrected chi connectivity index (χ4v) is 3.59. The van der Waals surface area contributed by atoms with Gasteiger partial charge in [0.25, 0.3) is 0 Å². The van der Waals surface area contributed by atoms with Crippen molar-refractivity contribution in [2.75, 3.05) is 24.5 Å². The largest absolute Gasteiger partial charge is 0.355 e. The van der Waals surface area contributed by atoms with Crippen LogP contribution in [0.2, 0.25) is 0 Å². The van der Waals surface area contributed by atoms with E-state index in [4.69, 9.17) is 0 Å². The zero-order chi connectivity index (χ0) is 17.8. The van der Waals surface area contributed by atoms with Crippen LogP contribution >= 0.6 is 0 Å². The number of benzene rings is 2. The minimum Gasteiger partial charge on any atom is -0.355 e. The number of H-pyrrole nitrogens is 1. The van der Waals surface area contributed by atoms with Crippen molar-refractivity contribution in [3.8, 4) is 0 Å². The summed E-state index contributed by atoms with van der Waals surface area (Å²) in [6.45, 7) is 2.34. The molecule has 3 aromatic rings. The van der Waals surface area contributed by atoms with Gasteiger partial charge in [0, 0.05) is 19.6 Å². The molecule has 1 aromatic heterocycles. The average molecular weight is 348 g/mol. The van der Waals surface area contributed by atoms with Crippen LogP contribution in [0.15, 0.2) is 54.6 Å². The number of aromatic nitrogens is 2. The van der Waals surface area contributed by atoms with Crippen molar-refractivity contribution < 1.29 is 4.79 Å². The van der Waals surface area contributed by atoms with Crippen molar-refractivity contribution in [1.82, 2.24) is 15.3 Å². The summed E-state index contributed by atoms with van der Waals surface area (Å²) >= 11 is 0. The van der Waals surface area contributed by atoms with Crippen molar-refractivity contribution in [3.05, 3.63) is 60.2 Å². The number of piperidine rings is 1. The van der Waals surface area contributed by atoms with E-state index < -0.39 is 0 Å². The first-order valence-corrected chi connectivity index (χ1v) is 9.31. The lowest BCUT2D eigenvalue weighted by Crippen LogP contribution is -2.43. The van der Waals surface area contributed by atoms with Gasteiger partial charge in [-0.3, -0.25) is 4.79 Å². The maximum atomic E-state index is 12.6. The van der Waals surface area contributed by atoms with Gasteiger partial charge in [-0.25, -0.2) is 4.98 Å². The molecular weight excluding hydrogens is 324 g/mol. The lowest BCUT2D eigenvalue weighted by molar-refractivity contribution is -0.125. The SMILES string of the molecule is O=C(NCCc1ccccc1)C1CCCN(c2nc3ccccc3[nH]2)C1. The van der Waals surface area contributed by atoms with Gasteiger partial charge < -0.3 is 15.2 Å². The molecule has 5 nitrogen and oxygen atoms in total. The zero-order valence-corrected chi connectivity index (χ0v) is 14.8. The average Bonchev–Trinajstić information content (AvgIpc) is 3.13. The van der Waals surface area contributed by atoms with Crippen LogP contribution in [0.4, 0.5) is 5.95 Å². The number of fused-ring (bicyclic) bond motifs is 1. The number of aromatic amines is 1. The standard InChI is InChI=1S/C21H24N4O/c26-20(22-13-12-16-7-2-1-3-8-16)17-9-6-14-25(15-17)21-23-18-10-4-5-11-19(18)24-21/h1-5,7-8,10-11,17H,6,9,12-15H2,(H,22,26)(H,23,24). The fraction of sp³-hybridized carbons (Fsp3) is 0.333. The summed E-state index contributed by atoms with van der Waals surface area (Å²) in [5.41, 5.74) is 3.26. The van der Waals surface area contributed by atoms with Gasteiger partial charge in [0.1, 0.15) is 0 Å². The number of imidazole rings is 1. The van der Waals surface area contributed by atoms with E-state index in [0.717, 1.165) is 49.3 Å². The number of nitrogens with one attached hydrogen (secondary N) is 2. The Morgan fingerprint density at radius 3 is 2.81 bits per heavy atom. The summed E-state index contributed by atoms with van der Waals surface area (Å²) in [5, 5.41) is 3.10. The van der Waals surface area contributed by atoms with E-state index in [1.165, 1.54) is 5.56 Å². The van der Waals surface area contributed by atoms with E-state index >= 15 is 0 Å². The molecule has 5 heteroatoms. The number of anilines is 1. The molecule has 0 aliphatic carbocycles. The highest BCUT2D eigenvalue weighted by Crippen LogP contribution is 2.23. The van der Waals surface area contributed by atoms with Crippen molar-refractivity contribution in [3.63, 3.8) is 0 Å². The summed E-state index contributed by atoms with van der Waals surface area (Å²) < 4.78 is 0. The summed E-state index contributed by atoms with van der Waals surface area (Å²) in [6.07, 6.45) is 2.81. The molecular formula is C21H24N4O. The van der Waals surface area contributed by atoms with E-state index in [9.17, 15) is 4.79 Å². The molecule has 2 N–H and O–H groups in total. The molecule has 1 aliphatic heterocycles. The highest BCUT2D eigenvalue weighted by atomic mass is 16.1. The molecule has 1 amide bonds. The van der Waals surface area contributed by atoms with Crippen LogP contribution in [-0.4, -0.2) is 35.5 Å². The van der Waals surface area contributed by atoms with E-state index in [1.807, 2.05) is 42.5 Å². The van der Waals surface area contributed by atoms with Crippen molar-refractivity contribution >= 4 is 22.9 Å². The van der Waals surface area contributed by atoms with Gasteiger partial charge in [0.2, 0.25) is 11.9 Å². The van der Waals surface area contributed by atoms with Gasteiger partial charge in [-0.15, -0.1) is 0 Å². The smallest absolute Gasteiger partial charge is 0.224 e. The van der Waals surface area contributed by atoms with Crippen molar-refractivity contribution in [2.45, 2.75) is 19.3 Å². The number of nitrogens with zero attached hydrogens (tertiary/aromatic N) is 2. The van der Waals surface area contributed by atoms with Gasteiger partial charge in [0.15, 0.2) is 0 Å². The maximum Gasteiger partial charge on any atom is 0.224 e. The Balaban J connectivity index is 1.34. The van der Waals surface area contributed by atoms with Gasteiger partial charge in [-0.2, -0.15) is 0 Å². The molecule has 134 valence electrons. The number of hydrogen-bond donors (Lipinski definition) is 2. The first-order chi connectivity index (χ1) is 12.8. The Morgan fingerprint density at radius 1 is 1.15 bits per heavy atom. The quantitative estimate of drug-likeness (QED) is 0.745. The number of carbonyl (C=O) groups excluding carboxylic acids is 1. The number of hydrogen-bond acceptors (Lipinski definition) is 3. The Morgan fingerprint density at radius 2 is 1.96 bits per heavy atom. The molecule has 1 atom stereocenters. The molecule has 1 fully saturated rings. The number of rotatable bonds is 5. The third-order valence-corrected chi connectivity index (χ3v) is 5.02. The maximum absolute atomic E-state index is 12.6. The molecule has 1 saturated heterocycles. The van der Waals surface area contributed by atoms with E-state index in [0.29, 0.717) is 6.54 Å². The highest BCUT2D eigenvalue weighted by molar-refractivity contribution is 5.80. The Labute approximate surface area is 153 Å². The molecule has 26 heavy (non-hydrogen) atoms. The van der Waals surface area contributed by atoms with Crippen LogP contribution in [0.5, 0.6) is 0 Å². The molecule has 0 spiro atoms. The normalized spacial score (nSPS) is 17.4. The zero-order valence-electron chi connectivity index (χ0n) is 14.8. The second-order valence-electron chi connectivity index (χ2n) is 6.89. The van der Waals surface area contributed by atoms with Crippen LogP contribution < -0.4 is 10.2 Å². The minimum atomic E-state index is 0.0211. The molecule has 0 bridgehead atoms. The first-order valence-electron chi connectivity index (χ1n) is 9.31. The van der Waals surface area contributed by atoms with Crippen LogP contribution in [0, 0.1) is 5.92 Å². The third kappa shape index (κ3) is 3.72. The highest BCUT2D eigenvalue weighted by Gasteiger charge is 2.27. The summed E-state index contributed by atoms with van der Waals surface area (Å²) in [6, 6.07) is 18.3. The lowest BCUT2D eigenvalue weighted by atomic mass is 9.97. The summed E-state index contributed by atoms with van der Waals surface area (Å²) in [5.74, 6) is 1.04. The van der Waals surface area contributed by atoms with E-state index in [1.54, 1.807) is 0 Å². The Bertz CT molecular complexity index is 841. The van der Waals surface area contributed by atoms with Crippen molar-refractivity contribution in [2.24, 2.45) is 5.92 Å². The predicted molar refractivity (Wildman–Crippen MR) is 104 cm³/mol. The van der Waals surface area contributed by atoms with E-state index in [2.05, 4.69) is 32.3 Å². The number of para-hydroxylation sites is 2. The molecule has 4 rings (SSSR count). The predicted octanol–water partition coefficient (Wildman–Crippen LogP) is 3.14. The molecule has 2 aromatic carbocycles. The van der Waals surface area contributed by atoms with Crippen LogP contribution in [0.3, 0.4) is 0 Å². The topological polar surface area (TPSA) is 61.0 Å². The molecule has 0 saturated carbocycles. The lowest BCUT2D eigenvalue weighted by Gasteiger charge is -2.31. The van der Waals surface area contributed by atoms with Crippen molar-refractivity contribution in [1.29, 1.82) is 0 Å². The Hall–Kier alpha value is -2.82. The second kappa shape index (κ2) is 7.60. The molecule has 2 heterocycles. The summed E-state index contributed by atoms with van der Waals surface area (Å²) in [4.78, 5) is 22.8. The van der Waals surface area contributed by atoms with Crippen LogP contribution in [-0.2, 0) is 11.2 Å². The number of amides is 1. The monoisotopic (exact) mass is 348 g/mol. The minimum absolute atomic E-state index is 0.0211. The first kappa shape index (κ1) is 16.6. The molecule has 1 aliphatic rings. The van der Waals surface area contributed by atoms with Gasteiger partial charge >= 0.3 is 0 Å². The van der Waals surface area contributed by atoms with Crippen LogP contribution in [0.25, 0.3) is 11.0 Å². The summed E-state index contributed by atoms with van der Waals surface area (Å²) in [7, 11) is 0. The third-order valence-electron chi connectivity index (χ3n) is 5.02. The fourth-order valence-electron chi connectivity index (χ4n) is 3.59. The number of carbonyl (C=O) groups is 1. The van der Waals surface area contributed by atoms with E-state index in [-0.39, 0.29) is 11.8 Å². The van der Waals surface area contributed by atoms with Gasteiger partial charge in [-0.1, -0.05) is 42.5 Å². The molecule has 0 radical (unpaired) electrons. The second-order valence-corrected chi connectivity index (χ2v) is 6.89. The molecule has 1 unspecified atom stereocenters. The van der Waals surface area contributed by atoms with Crippen LogP contribution in [0.1, 0.15) is 18.4 Å². The Kier molecular flexibility index (Phi) is 4.86. The van der Waals surface area contributed by atoms with Gasteiger partial charge in [-0.05, 0) is 37.0 Å². The van der Waals surface area contributed by atoms with Gasteiger partial charge in [0.05, 0.1) is 17.0 Å².